The van der Waals surface area contributed by atoms with Gasteiger partial charge in [-0.3, -0.25) is 0 Å². The van der Waals surface area contributed by atoms with Gasteiger partial charge >= 0.3 is 5.97 Å². The van der Waals surface area contributed by atoms with Gasteiger partial charge in [0.15, 0.2) is 12.4 Å². The zero-order chi connectivity index (χ0) is 10.9. The van der Waals surface area contributed by atoms with Crippen LogP contribution in [-0.2, 0) is 14.3 Å². The Hall–Kier alpha value is 3.59. The fraction of sp³-hybridized carbons (Fsp3) is 0.857. The molecule has 1 aliphatic heterocycles. The fourth-order valence-corrected chi connectivity index (χ4v) is 1.17. The van der Waals surface area contributed by atoms with Gasteiger partial charge in [0.25, 0.3) is 0 Å². The Morgan fingerprint density at radius 3 is 1.88 bits per heavy atom. The summed E-state index contributed by atoms with van der Waals surface area (Å²) in [5, 5.41) is 36.5. The third kappa shape index (κ3) is 6.93. The van der Waals surface area contributed by atoms with Gasteiger partial charge in [0.05, 0.1) is 7.11 Å². The van der Waals surface area contributed by atoms with Crippen LogP contribution in [0.15, 0.2) is 0 Å². The molecule has 5 atom stereocenters. The van der Waals surface area contributed by atoms with Crippen molar-refractivity contribution in [3.05, 3.63) is 0 Å². The molecule has 0 aliphatic carbocycles. The maximum Gasteiger partial charge on any atom is 0.337 e. The van der Waals surface area contributed by atoms with Crippen molar-refractivity contribution in [2.45, 2.75) is 30.7 Å². The molecular weight excluding hydrogens is 877 g/mol. The van der Waals surface area contributed by atoms with Crippen molar-refractivity contribution in [3.8, 4) is 0 Å². The Bertz CT molecular complexity index is 230. The molecule has 1 rings (SSSR count). The van der Waals surface area contributed by atoms with Crippen LogP contribution in [0.4, 0.5) is 0 Å². The topological polar surface area (TPSA) is 116 Å². The Kier molecular flexibility index (Phi) is 18.3. The molecule has 0 aromatic rings. The molecule has 1 saturated heterocycles. The first-order valence-electron chi connectivity index (χ1n) is 3.94. The van der Waals surface area contributed by atoms with Crippen LogP contribution < -0.4 is 0 Å². The van der Waals surface area contributed by atoms with Crippen LogP contribution in [0, 0.1) is 132 Å². The molecule has 0 aromatic carbocycles. The number of rotatable bonds is 1. The summed E-state index contributed by atoms with van der Waals surface area (Å²) in [5.41, 5.74) is 0. The number of carbonyl (C=O) groups is 1. The molecule has 4 N–H and O–H groups in total. The van der Waals surface area contributed by atoms with Gasteiger partial charge in [-0.15, -0.1) is 0 Å². The van der Waals surface area contributed by atoms with E-state index in [1.54, 1.807) is 0 Å². The Morgan fingerprint density at radius 2 is 1.47 bits per heavy atom. The zero-order valence-electron chi connectivity index (χ0n) is 9.13. The minimum Gasteiger partial charge on any atom is -0.467 e. The minimum absolute atomic E-state index is 0. The average Bonchev–Trinajstić information content (AvgIpc) is 2.19. The molecule has 0 saturated carbocycles. The minimum atomic E-state index is -1.72. The van der Waals surface area contributed by atoms with E-state index in [9.17, 15) is 15.0 Å². The van der Waals surface area contributed by atoms with Crippen molar-refractivity contribution in [2.75, 3.05) is 7.11 Å². The maximum absolute atomic E-state index is 11.0. The molecule has 7 nitrogen and oxygen atoms in total. The van der Waals surface area contributed by atoms with Crippen molar-refractivity contribution in [1.82, 2.24) is 0 Å². The normalized spacial score (nSPS) is 35.7. The summed E-state index contributed by atoms with van der Waals surface area (Å²) in [5.74, 6) is -0.928. The number of hydrogen-bond donors (Lipinski definition) is 4. The van der Waals surface area contributed by atoms with Gasteiger partial charge in [-0.1, -0.05) is 0 Å². The van der Waals surface area contributed by atoms with Crippen LogP contribution in [-0.4, -0.2) is 64.2 Å². The van der Waals surface area contributed by atoms with E-state index >= 15 is 0 Å². The predicted octanol–water partition coefficient (Wildman–Crippen LogP) is -3.04. The molecule has 1 fully saturated rings. The third-order valence-electron chi connectivity index (χ3n) is 2.02. The monoisotopic (exact) mass is 889 g/mol. The molecule has 91 valence electrons. The van der Waals surface area contributed by atoms with E-state index in [2.05, 4.69) is 9.47 Å². The van der Waals surface area contributed by atoms with Gasteiger partial charge in [-0.2, -0.15) is 0 Å². The molecule has 17 heavy (non-hydrogen) atoms. The number of hydrogen-bond acceptors (Lipinski definition) is 7. The number of aliphatic hydroxyl groups is 4. The van der Waals surface area contributed by atoms with E-state index in [1.165, 1.54) is 0 Å². The number of ether oxygens (including phenoxy) is 2. The average molecular weight is 889 g/mol. The molecule has 1 aliphatic rings. The molecule has 4 unspecified atom stereocenters. The molecule has 0 amide bonds. The van der Waals surface area contributed by atoms with Gasteiger partial charge < -0.3 is 29.9 Å². The second-order valence-electron chi connectivity index (χ2n) is 2.94. The van der Waals surface area contributed by atoms with Crippen LogP contribution in [0.2, 0.25) is 0 Å². The second-order valence-corrected chi connectivity index (χ2v) is 2.94. The first kappa shape index (κ1) is 25.5. The predicted molar refractivity (Wildman–Crippen MR) is 40.9 cm³/mol. The van der Waals surface area contributed by atoms with E-state index in [4.69, 9.17) is 10.2 Å². The van der Waals surface area contributed by atoms with E-state index in [0.717, 1.165) is 7.11 Å². The molecule has 1 heterocycles. The van der Waals surface area contributed by atoms with Crippen LogP contribution in [0.3, 0.4) is 0 Å². The van der Waals surface area contributed by atoms with Gasteiger partial charge in [-0.05, 0) is 0 Å². The van der Waals surface area contributed by atoms with Crippen molar-refractivity contribution in [2.24, 2.45) is 0 Å². The largest absolute Gasteiger partial charge is 0.467 e. The van der Waals surface area contributed by atoms with Crippen LogP contribution in [0.25, 0.3) is 0 Å². The summed E-state index contributed by atoms with van der Waals surface area (Å²) < 4.78 is 8.82. The Balaban J connectivity index is -0.000000653. The number of methoxy groups -OCH3 is 1. The van der Waals surface area contributed by atoms with Crippen LogP contribution in [0.5, 0.6) is 0 Å². The maximum atomic E-state index is 11.0. The number of carbonyl (C=O) groups excluding carboxylic acids is 1. The van der Waals surface area contributed by atoms with Gasteiger partial charge in [-0.25, -0.2) is 4.79 Å². The van der Waals surface area contributed by atoms with Crippen molar-refractivity contribution in [3.63, 3.8) is 0 Å². The van der Waals surface area contributed by atoms with E-state index in [1.807, 2.05) is 0 Å². The van der Waals surface area contributed by atoms with Crippen molar-refractivity contribution in [1.29, 1.82) is 0 Å². The van der Waals surface area contributed by atoms with Crippen LogP contribution >= 0.6 is 0 Å². The van der Waals surface area contributed by atoms with Gasteiger partial charge in [0.2, 0.25) is 0 Å². The smallest absolute Gasteiger partial charge is 0.337 e. The van der Waals surface area contributed by atoms with E-state index in [-0.39, 0.29) is 132 Å². The van der Waals surface area contributed by atoms with Crippen molar-refractivity contribution < 1.29 is 167 Å². The summed E-state index contributed by atoms with van der Waals surface area (Å²) >= 11 is 0. The number of esters is 1. The Morgan fingerprint density at radius 1 is 1.00 bits per heavy atom. The van der Waals surface area contributed by atoms with Gasteiger partial charge in [0, 0.05) is 132 Å². The quantitative estimate of drug-likeness (QED) is 0.207. The first-order chi connectivity index (χ1) is 6.49. The van der Waals surface area contributed by atoms with Crippen LogP contribution in [0.1, 0.15) is 0 Å². The molecular formula is C7H12Ac3O7. The van der Waals surface area contributed by atoms with E-state index in [0.29, 0.717) is 0 Å². The standard InChI is InChI=1S/C7H12O7.3Ac/c1-13-7(12)5-3(9)2(8)4(10)6(11)14-5;;;/h2-6,8-11H,1H3;;;/t2?,3?,4?,5-,6?;;;/m0.../s1. The molecule has 0 spiro atoms. The summed E-state index contributed by atoms with van der Waals surface area (Å²) in [7, 11) is 1.07. The van der Waals surface area contributed by atoms with E-state index < -0.39 is 36.7 Å². The summed E-state index contributed by atoms with van der Waals surface area (Å²) in [6.45, 7) is 0. The SMILES string of the molecule is COC(=O)[C@H]1OC(O)C(O)C(O)C1O.[Ac].[Ac].[Ac]. The van der Waals surface area contributed by atoms with Crippen molar-refractivity contribution >= 4 is 5.97 Å². The second kappa shape index (κ2) is 12.2. The molecule has 0 aromatic heterocycles. The first-order valence-corrected chi connectivity index (χ1v) is 3.94. The third-order valence-corrected chi connectivity index (χ3v) is 2.02. The zero-order valence-corrected chi connectivity index (χ0v) is 23.4. The Labute approximate surface area is 206 Å². The summed E-state index contributed by atoms with van der Waals surface area (Å²) in [6, 6.07) is 0. The van der Waals surface area contributed by atoms with Gasteiger partial charge in [0.1, 0.15) is 18.3 Å². The molecule has 10 heteroatoms. The molecule has 3 radical (unpaired) electrons. The summed E-state index contributed by atoms with van der Waals surface area (Å²) in [4.78, 5) is 11.0. The molecule has 0 bridgehead atoms. The summed E-state index contributed by atoms with van der Waals surface area (Å²) in [6.07, 6.45) is -8.14. The number of aliphatic hydroxyl groups excluding tert-OH is 4. The fourth-order valence-electron chi connectivity index (χ4n) is 1.17.